The quantitative estimate of drug-likeness (QED) is 0.798. The van der Waals surface area contributed by atoms with Gasteiger partial charge in [0.15, 0.2) is 0 Å². The number of hydrogen-bond donors (Lipinski definition) is 1. The van der Waals surface area contributed by atoms with Crippen molar-refractivity contribution in [1.82, 2.24) is 4.90 Å². The van der Waals surface area contributed by atoms with Crippen molar-refractivity contribution in [3.63, 3.8) is 0 Å². The third-order valence-electron chi connectivity index (χ3n) is 3.81. The summed E-state index contributed by atoms with van der Waals surface area (Å²) in [6.45, 7) is 8.07. The number of likely N-dealkylation sites (tertiary alicyclic amines) is 1. The van der Waals surface area contributed by atoms with Crippen molar-refractivity contribution >= 4 is 5.91 Å². The highest BCUT2D eigenvalue weighted by atomic mass is 16.3. The Morgan fingerprint density at radius 2 is 2.19 bits per heavy atom. The van der Waals surface area contributed by atoms with Gasteiger partial charge in [-0.15, -0.1) is 0 Å². The first kappa shape index (κ1) is 13.5. The number of amides is 1. The Hall–Kier alpha value is -0.570. The predicted octanol–water partition coefficient (Wildman–Crippen LogP) is 2.04. The molecule has 0 aliphatic carbocycles. The molecule has 0 radical (unpaired) electrons. The Morgan fingerprint density at radius 3 is 2.75 bits per heavy atom. The molecule has 0 aromatic carbocycles. The van der Waals surface area contributed by atoms with Crippen molar-refractivity contribution < 1.29 is 9.90 Å². The van der Waals surface area contributed by atoms with Crippen molar-refractivity contribution in [2.45, 2.75) is 46.5 Å². The molecule has 1 amide bonds. The van der Waals surface area contributed by atoms with Crippen molar-refractivity contribution in [2.75, 3.05) is 19.7 Å². The van der Waals surface area contributed by atoms with Crippen LogP contribution < -0.4 is 0 Å². The number of aliphatic hydroxyl groups is 1. The molecular formula is C13H25NO2. The van der Waals surface area contributed by atoms with E-state index in [0.29, 0.717) is 5.92 Å². The zero-order valence-corrected chi connectivity index (χ0v) is 10.8. The van der Waals surface area contributed by atoms with Crippen molar-refractivity contribution in [3.05, 3.63) is 0 Å². The highest BCUT2D eigenvalue weighted by molar-refractivity contribution is 5.82. The molecule has 1 N–H and O–H groups in total. The topological polar surface area (TPSA) is 40.5 Å². The van der Waals surface area contributed by atoms with Crippen LogP contribution in [-0.2, 0) is 4.79 Å². The van der Waals surface area contributed by atoms with Gasteiger partial charge in [0.05, 0.1) is 0 Å². The van der Waals surface area contributed by atoms with Gasteiger partial charge in [0.25, 0.3) is 0 Å². The second-order valence-corrected chi connectivity index (χ2v) is 5.51. The maximum absolute atomic E-state index is 12.3. The highest BCUT2D eigenvalue weighted by Crippen LogP contribution is 2.27. The van der Waals surface area contributed by atoms with E-state index in [1.165, 1.54) is 0 Å². The minimum Gasteiger partial charge on any atom is -0.396 e. The number of nitrogens with zero attached hydrogens (tertiary/aromatic N) is 1. The molecule has 0 bridgehead atoms. The van der Waals surface area contributed by atoms with Gasteiger partial charge in [-0.1, -0.05) is 20.8 Å². The van der Waals surface area contributed by atoms with Crippen LogP contribution in [-0.4, -0.2) is 35.6 Å². The molecule has 1 aliphatic rings. The van der Waals surface area contributed by atoms with Gasteiger partial charge in [0, 0.05) is 25.1 Å². The van der Waals surface area contributed by atoms with Gasteiger partial charge in [-0.2, -0.15) is 0 Å². The van der Waals surface area contributed by atoms with E-state index in [4.69, 9.17) is 5.11 Å². The van der Waals surface area contributed by atoms with E-state index in [9.17, 15) is 4.79 Å². The van der Waals surface area contributed by atoms with Crippen LogP contribution in [0.4, 0.5) is 0 Å². The van der Waals surface area contributed by atoms with Crippen LogP contribution in [0.25, 0.3) is 0 Å². The SMILES string of the molecule is CCC(C)(C)C(=O)N1CCCC(CCO)C1. The Morgan fingerprint density at radius 1 is 1.50 bits per heavy atom. The molecule has 1 rings (SSSR count). The van der Waals surface area contributed by atoms with Crippen LogP contribution in [0.3, 0.4) is 0 Å². The van der Waals surface area contributed by atoms with Gasteiger partial charge in [0.1, 0.15) is 0 Å². The molecule has 1 aliphatic heterocycles. The summed E-state index contributed by atoms with van der Waals surface area (Å²) >= 11 is 0. The summed E-state index contributed by atoms with van der Waals surface area (Å²) in [6, 6.07) is 0. The van der Waals surface area contributed by atoms with Gasteiger partial charge in [-0.3, -0.25) is 4.79 Å². The largest absolute Gasteiger partial charge is 0.396 e. The van der Waals surface area contributed by atoms with E-state index in [1.54, 1.807) is 0 Å². The average Bonchev–Trinajstić information content (AvgIpc) is 2.29. The summed E-state index contributed by atoms with van der Waals surface area (Å²) in [5.41, 5.74) is -0.235. The number of carbonyl (C=O) groups is 1. The Balaban J connectivity index is 2.56. The molecule has 3 heteroatoms. The van der Waals surface area contributed by atoms with Gasteiger partial charge in [0.2, 0.25) is 5.91 Å². The third kappa shape index (κ3) is 3.21. The first-order valence-corrected chi connectivity index (χ1v) is 6.41. The lowest BCUT2D eigenvalue weighted by atomic mass is 9.86. The van der Waals surface area contributed by atoms with E-state index in [2.05, 4.69) is 6.92 Å². The standard InChI is InChI=1S/C13H25NO2/c1-4-13(2,3)12(16)14-8-5-6-11(10-14)7-9-15/h11,15H,4-10H2,1-3H3. The molecule has 0 aromatic rings. The van der Waals surface area contributed by atoms with E-state index in [1.807, 2.05) is 18.7 Å². The van der Waals surface area contributed by atoms with Crippen molar-refractivity contribution in [3.8, 4) is 0 Å². The van der Waals surface area contributed by atoms with Crippen LogP contribution in [0.15, 0.2) is 0 Å². The lowest BCUT2D eigenvalue weighted by molar-refractivity contribution is -0.142. The molecule has 16 heavy (non-hydrogen) atoms. The molecule has 1 atom stereocenters. The number of hydrogen-bond acceptors (Lipinski definition) is 2. The first-order chi connectivity index (χ1) is 7.51. The lowest BCUT2D eigenvalue weighted by Crippen LogP contribution is -2.46. The summed E-state index contributed by atoms with van der Waals surface area (Å²) in [4.78, 5) is 14.3. The van der Waals surface area contributed by atoms with Gasteiger partial charge >= 0.3 is 0 Å². The van der Waals surface area contributed by atoms with Crippen LogP contribution in [0.2, 0.25) is 0 Å². The van der Waals surface area contributed by atoms with Crippen LogP contribution in [0, 0.1) is 11.3 Å². The van der Waals surface area contributed by atoms with E-state index in [-0.39, 0.29) is 17.9 Å². The fourth-order valence-electron chi connectivity index (χ4n) is 2.25. The summed E-state index contributed by atoms with van der Waals surface area (Å²) in [5.74, 6) is 0.771. The minimum absolute atomic E-state index is 0.235. The summed E-state index contributed by atoms with van der Waals surface area (Å²) in [7, 11) is 0. The van der Waals surface area contributed by atoms with Crippen molar-refractivity contribution in [2.24, 2.45) is 11.3 Å². The van der Waals surface area contributed by atoms with Crippen LogP contribution in [0.1, 0.15) is 46.5 Å². The Bertz CT molecular complexity index is 236. The van der Waals surface area contributed by atoms with Crippen LogP contribution >= 0.6 is 0 Å². The van der Waals surface area contributed by atoms with E-state index < -0.39 is 0 Å². The fourth-order valence-corrected chi connectivity index (χ4v) is 2.25. The molecule has 3 nitrogen and oxygen atoms in total. The van der Waals surface area contributed by atoms with Crippen molar-refractivity contribution in [1.29, 1.82) is 0 Å². The summed E-state index contributed by atoms with van der Waals surface area (Å²) in [5, 5.41) is 8.95. The second kappa shape index (κ2) is 5.67. The average molecular weight is 227 g/mol. The van der Waals surface area contributed by atoms with E-state index in [0.717, 1.165) is 38.8 Å². The Kier molecular flexibility index (Phi) is 4.78. The maximum Gasteiger partial charge on any atom is 0.228 e. The number of carbonyl (C=O) groups excluding carboxylic acids is 1. The molecule has 0 spiro atoms. The molecule has 0 saturated carbocycles. The number of piperidine rings is 1. The van der Waals surface area contributed by atoms with Crippen LogP contribution in [0.5, 0.6) is 0 Å². The smallest absolute Gasteiger partial charge is 0.228 e. The second-order valence-electron chi connectivity index (χ2n) is 5.51. The highest BCUT2D eigenvalue weighted by Gasteiger charge is 2.32. The fraction of sp³-hybridized carbons (Fsp3) is 0.923. The molecule has 0 aromatic heterocycles. The third-order valence-corrected chi connectivity index (χ3v) is 3.81. The maximum atomic E-state index is 12.3. The zero-order valence-electron chi connectivity index (χ0n) is 10.8. The molecule has 1 fully saturated rings. The molecular weight excluding hydrogens is 202 g/mol. The first-order valence-electron chi connectivity index (χ1n) is 6.41. The monoisotopic (exact) mass is 227 g/mol. The van der Waals surface area contributed by atoms with Gasteiger partial charge < -0.3 is 10.0 Å². The van der Waals surface area contributed by atoms with E-state index >= 15 is 0 Å². The molecule has 1 unspecified atom stereocenters. The normalized spacial score (nSPS) is 22.2. The lowest BCUT2D eigenvalue weighted by Gasteiger charge is -2.37. The molecule has 1 saturated heterocycles. The predicted molar refractivity (Wildman–Crippen MR) is 65.1 cm³/mol. The minimum atomic E-state index is -0.235. The zero-order chi connectivity index (χ0) is 12.2. The van der Waals surface area contributed by atoms with Gasteiger partial charge in [-0.05, 0) is 31.6 Å². The summed E-state index contributed by atoms with van der Waals surface area (Å²) < 4.78 is 0. The molecule has 1 heterocycles. The molecule has 94 valence electrons. The van der Waals surface area contributed by atoms with Gasteiger partial charge in [-0.25, -0.2) is 0 Å². The number of aliphatic hydroxyl groups excluding tert-OH is 1. The number of rotatable bonds is 4. The summed E-state index contributed by atoms with van der Waals surface area (Å²) in [6.07, 6.45) is 3.94. The Labute approximate surface area is 98.8 Å².